The highest BCUT2D eigenvalue weighted by Gasteiger charge is 2.18. The molecule has 2 heterocycles. The largest absolute Gasteiger partial charge is 0.365 e. The van der Waals surface area contributed by atoms with Gasteiger partial charge in [-0.15, -0.1) is 0 Å². The third-order valence-electron chi connectivity index (χ3n) is 5.00. The van der Waals surface area contributed by atoms with E-state index >= 15 is 0 Å². The maximum Gasteiger partial charge on any atom is 0.160 e. The standard InChI is InChI=1S/C22H20F2N4/c1-13-5-4-6-16(9-13)11-25-21-20-14(2)15(3)28(22(20)27-12-26-21)17-7-8-18(23)19(24)10-17/h4-10,12H,11H2,1-3H3,(H,25,26,27). The number of fused-ring (bicyclic) bond motifs is 1. The third kappa shape index (κ3) is 3.11. The summed E-state index contributed by atoms with van der Waals surface area (Å²) in [5.41, 5.74) is 5.43. The summed E-state index contributed by atoms with van der Waals surface area (Å²) >= 11 is 0. The summed E-state index contributed by atoms with van der Waals surface area (Å²) in [7, 11) is 0. The Labute approximate surface area is 161 Å². The van der Waals surface area contributed by atoms with Gasteiger partial charge in [-0.25, -0.2) is 18.7 Å². The Bertz CT molecular complexity index is 1180. The van der Waals surface area contributed by atoms with Crippen LogP contribution in [-0.4, -0.2) is 14.5 Å². The molecular formula is C22H20F2N4. The molecule has 6 heteroatoms. The van der Waals surface area contributed by atoms with E-state index in [2.05, 4.69) is 40.4 Å². The van der Waals surface area contributed by atoms with Gasteiger partial charge in [0, 0.05) is 18.3 Å². The molecule has 0 spiro atoms. The lowest BCUT2D eigenvalue weighted by atomic mass is 10.1. The molecule has 2 aromatic heterocycles. The zero-order chi connectivity index (χ0) is 19.8. The summed E-state index contributed by atoms with van der Waals surface area (Å²) in [6, 6.07) is 12.1. The number of halogens is 2. The average molecular weight is 378 g/mol. The summed E-state index contributed by atoms with van der Waals surface area (Å²) in [6.45, 7) is 6.60. The molecule has 0 fully saturated rings. The summed E-state index contributed by atoms with van der Waals surface area (Å²) in [6.07, 6.45) is 1.48. The Morgan fingerprint density at radius 3 is 2.54 bits per heavy atom. The number of aromatic nitrogens is 3. The van der Waals surface area contributed by atoms with E-state index < -0.39 is 11.6 Å². The van der Waals surface area contributed by atoms with E-state index in [1.165, 1.54) is 18.0 Å². The molecule has 0 radical (unpaired) electrons. The van der Waals surface area contributed by atoms with Crippen LogP contribution in [0.1, 0.15) is 22.4 Å². The van der Waals surface area contributed by atoms with Crippen molar-refractivity contribution in [2.75, 3.05) is 5.32 Å². The first kappa shape index (κ1) is 18.1. The maximum atomic E-state index is 13.8. The fraction of sp³-hybridized carbons (Fsp3) is 0.182. The second-order valence-electron chi connectivity index (χ2n) is 6.91. The highest BCUT2D eigenvalue weighted by Crippen LogP contribution is 2.31. The van der Waals surface area contributed by atoms with Crippen LogP contribution in [-0.2, 0) is 6.54 Å². The number of nitrogens with zero attached hydrogens (tertiary/aromatic N) is 3. The zero-order valence-electron chi connectivity index (χ0n) is 15.9. The first-order valence-corrected chi connectivity index (χ1v) is 9.03. The smallest absolute Gasteiger partial charge is 0.160 e. The molecular weight excluding hydrogens is 358 g/mol. The number of rotatable bonds is 4. The molecule has 0 saturated heterocycles. The molecule has 0 aliphatic carbocycles. The molecule has 4 nitrogen and oxygen atoms in total. The van der Waals surface area contributed by atoms with Crippen LogP contribution >= 0.6 is 0 Å². The lowest BCUT2D eigenvalue weighted by Gasteiger charge is -2.09. The van der Waals surface area contributed by atoms with Crippen molar-refractivity contribution in [3.8, 4) is 5.69 Å². The summed E-state index contributed by atoms with van der Waals surface area (Å²) in [5.74, 6) is -1.04. The van der Waals surface area contributed by atoms with Crippen LogP contribution in [0.5, 0.6) is 0 Å². The Balaban J connectivity index is 1.79. The Hall–Kier alpha value is -3.28. The van der Waals surface area contributed by atoms with Gasteiger partial charge >= 0.3 is 0 Å². The molecule has 0 aliphatic rings. The van der Waals surface area contributed by atoms with Crippen molar-refractivity contribution in [1.29, 1.82) is 0 Å². The van der Waals surface area contributed by atoms with Gasteiger partial charge in [0.15, 0.2) is 17.3 Å². The van der Waals surface area contributed by atoms with Crippen molar-refractivity contribution in [2.45, 2.75) is 27.3 Å². The summed E-state index contributed by atoms with van der Waals surface area (Å²) in [5, 5.41) is 4.26. The van der Waals surface area contributed by atoms with Crippen LogP contribution in [0.25, 0.3) is 16.7 Å². The zero-order valence-corrected chi connectivity index (χ0v) is 15.9. The van der Waals surface area contributed by atoms with Crippen LogP contribution in [0.3, 0.4) is 0 Å². The van der Waals surface area contributed by atoms with Gasteiger partial charge in [0.2, 0.25) is 0 Å². The van der Waals surface area contributed by atoms with Gasteiger partial charge in [-0.05, 0) is 44.0 Å². The van der Waals surface area contributed by atoms with E-state index in [-0.39, 0.29) is 0 Å². The predicted molar refractivity (Wildman–Crippen MR) is 107 cm³/mol. The highest BCUT2D eigenvalue weighted by atomic mass is 19.2. The van der Waals surface area contributed by atoms with Crippen molar-refractivity contribution in [3.63, 3.8) is 0 Å². The monoisotopic (exact) mass is 378 g/mol. The molecule has 0 amide bonds. The Morgan fingerprint density at radius 2 is 1.79 bits per heavy atom. The van der Waals surface area contributed by atoms with Crippen LogP contribution in [0, 0.1) is 32.4 Å². The maximum absolute atomic E-state index is 13.8. The van der Waals surface area contributed by atoms with Crippen LogP contribution in [0.15, 0.2) is 48.8 Å². The van der Waals surface area contributed by atoms with E-state index in [1.54, 1.807) is 6.07 Å². The SMILES string of the molecule is Cc1cccc(CNc2ncnc3c2c(C)c(C)n3-c2ccc(F)c(F)c2)c1. The third-order valence-corrected chi connectivity index (χ3v) is 5.00. The molecule has 4 aromatic rings. The van der Waals surface area contributed by atoms with Gasteiger partial charge in [-0.1, -0.05) is 29.8 Å². The lowest BCUT2D eigenvalue weighted by Crippen LogP contribution is -2.03. The van der Waals surface area contributed by atoms with Crippen molar-refractivity contribution in [1.82, 2.24) is 14.5 Å². The minimum atomic E-state index is -0.886. The van der Waals surface area contributed by atoms with Gasteiger partial charge in [0.25, 0.3) is 0 Å². The van der Waals surface area contributed by atoms with Crippen LogP contribution < -0.4 is 5.32 Å². The number of hydrogen-bond acceptors (Lipinski definition) is 3. The number of benzene rings is 2. The second-order valence-corrected chi connectivity index (χ2v) is 6.91. The van der Waals surface area contributed by atoms with Crippen LogP contribution in [0.2, 0.25) is 0 Å². The molecule has 2 aromatic carbocycles. The van der Waals surface area contributed by atoms with E-state index in [4.69, 9.17) is 0 Å². The molecule has 0 aliphatic heterocycles. The van der Waals surface area contributed by atoms with Crippen molar-refractivity contribution < 1.29 is 8.78 Å². The average Bonchev–Trinajstić information content (AvgIpc) is 2.94. The van der Waals surface area contributed by atoms with Gasteiger partial charge < -0.3 is 5.32 Å². The van der Waals surface area contributed by atoms with Crippen molar-refractivity contribution >= 4 is 16.9 Å². The second kappa shape index (κ2) is 7.03. The topological polar surface area (TPSA) is 42.7 Å². The normalized spacial score (nSPS) is 11.2. The summed E-state index contributed by atoms with van der Waals surface area (Å²) < 4.78 is 29.0. The van der Waals surface area contributed by atoms with E-state index in [0.29, 0.717) is 23.7 Å². The first-order chi connectivity index (χ1) is 13.5. The summed E-state index contributed by atoms with van der Waals surface area (Å²) in [4.78, 5) is 8.83. The Morgan fingerprint density at radius 1 is 0.964 bits per heavy atom. The minimum Gasteiger partial charge on any atom is -0.365 e. The van der Waals surface area contributed by atoms with Gasteiger partial charge in [-0.2, -0.15) is 0 Å². The molecule has 1 N–H and O–H groups in total. The molecule has 0 saturated carbocycles. The van der Waals surface area contributed by atoms with E-state index in [0.717, 1.165) is 28.3 Å². The van der Waals surface area contributed by atoms with Gasteiger partial charge in [-0.3, -0.25) is 4.57 Å². The van der Waals surface area contributed by atoms with E-state index in [1.807, 2.05) is 24.5 Å². The first-order valence-electron chi connectivity index (χ1n) is 9.03. The minimum absolute atomic E-state index is 0.526. The fourth-order valence-electron chi connectivity index (χ4n) is 3.48. The molecule has 4 rings (SSSR count). The molecule has 0 unspecified atom stereocenters. The number of anilines is 1. The van der Waals surface area contributed by atoms with Crippen molar-refractivity contribution in [3.05, 3.63) is 82.8 Å². The number of aryl methyl sites for hydroxylation is 2. The van der Waals surface area contributed by atoms with Gasteiger partial charge in [0.1, 0.15) is 12.1 Å². The highest BCUT2D eigenvalue weighted by molar-refractivity contribution is 5.93. The molecule has 142 valence electrons. The molecule has 0 atom stereocenters. The quantitative estimate of drug-likeness (QED) is 0.528. The van der Waals surface area contributed by atoms with E-state index in [9.17, 15) is 8.78 Å². The number of hydrogen-bond donors (Lipinski definition) is 1. The fourth-order valence-corrected chi connectivity index (χ4v) is 3.48. The van der Waals surface area contributed by atoms with Gasteiger partial charge in [0.05, 0.1) is 11.1 Å². The molecule has 0 bridgehead atoms. The Kier molecular flexibility index (Phi) is 4.55. The molecule has 28 heavy (non-hydrogen) atoms. The lowest BCUT2D eigenvalue weighted by molar-refractivity contribution is 0.508. The van der Waals surface area contributed by atoms with Crippen molar-refractivity contribution in [2.24, 2.45) is 0 Å². The van der Waals surface area contributed by atoms with Crippen LogP contribution in [0.4, 0.5) is 14.6 Å². The predicted octanol–water partition coefficient (Wildman–Crippen LogP) is 5.24. The number of nitrogens with one attached hydrogen (secondary N) is 1.